The van der Waals surface area contributed by atoms with Crippen LogP contribution in [0.2, 0.25) is 0 Å². The number of hydrogen-bond donors (Lipinski definition) is 1. The minimum Gasteiger partial charge on any atom is -0.377 e. The largest absolute Gasteiger partial charge is 0.377 e. The van der Waals surface area contributed by atoms with Crippen LogP contribution in [0.15, 0.2) is 30.3 Å². The standard InChI is InChI=1S/C19H28N4O/c1-3-11-24-18-12-16(9-10-17(18)20)19-21-14(2)22-23(19)13-15-7-5-4-6-8-15/h4-8,16-18H,3,9-13,20H2,1-2H3/t16-,17-,18-/m0/s1. The van der Waals surface area contributed by atoms with Gasteiger partial charge in [-0.15, -0.1) is 0 Å². The summed E-state index contributed by atoms with van der Waals surface area (Å²) < 4.78 is 8.04. The fraction of sp³-hybridized carbons (Fsp3) is 0.579. The van der Waals surface area contributed by atoms with Crippen LogP contribution in [-0.2, 0) is 11.3 Å². The number of nitrogens with zero attached hydrogens (tertiary/aromatic N) is 3. The van der Waals surface area contributed by atoms with Crippen LogP contribution < -0.4 is 5.73 Å². The summed E-state index contributed by atoms with van der Waals surface area (Å²) in [5.41, 5.74) is 7.50. The zero-order valence-corrected chi connectivity index (χ0v) is 14.7. The Labute approximate surface area is 144 Å². The zero-order chi connectivity index (χ0) is 16.9. The summed E-state index contributed by atoms with van der Waals surface area (Å²) in [6.07, 6.45) is 4.13. The van der Waals surface area contributed by atoms with Crippen LogP contribution in [0.1, 0.15) is 55.7 Å². The van der Waals surface area contributed by atoms with Gasteiger partial charge in [-0.25, -0.2) is 9.67 Å². The van der Waals surface area contributed by atoms with Crippen molar-refractivity contribution in [1.29, 1.82) is 0 Å². The van der Waals surface area contributed by atoms with Gasteiger partial charge in [0, 0.05) is 18.6 Å². The molecule has 0 spiro atoms. The third-order valence-electron chi connectivity index (χ3n) is 4.73. The molecule has 1 aliphatic carbocycles. The van der Waals surface area contributed by atoms with Crippen LogP contribution in [0.4, 0.5) is 0 Å². The minimum atomic E-state index is 0.130. The molecule has 1 aromatic carbocycles. The van der Waals surface area contributed by atoms with Crippen LogP contribution >= 0.6 is 0 Å². The van der Waals surface area contributed by atoms with E-state index in [0.29, 0.717) is 5.92 Å². The summed E-state index contributed by atoms with van der Waals surface area (Å²) in [7, 11) is 0. The molecule has 0 aliphatic heterocycles. The van der Waals surface area contributed by atoms with E-state index in [2.05, 4.69) is 41.0 Å². The quantitative estimate of drug-likeness (QED) is 0.885. The molecule has 1 fully saturated rings. The van der Waals surface area contributed by atoms with Crippen molar-refractivity contribution < 1.29 is 4.74 Å². The van der Waals surface area contributed by atoms with Gasteiger partial charge in [0.2, 0.25) is 0 Å². The van der Waals surface area contributed by atoms with E-state index < -0.39 is 0 Å². The molecule has 0 radical (unpaired) electrons. The van der Waals surface area contributed by atoms with Gasteiger partial charge >= 0.3 is 0 Å². The molecule has 1 heterocycles. The number of hydrogen-bond acceptors (Lipinski definition) is 4. The van der Waals surface area contributed by atoms with Gasteiger partial charge in [0.15, 0.2) is 0 Å². The third-order valence-corrected chi connectivity index (χ3v) is 4.73. The lowest BCUT2D eigenvalue weighted by atomic mass is 9.83. The van der Waals surface area contributed by atoms with Crippen molar-refractivity contribution in [3.63, 3.8) is 0 Å². The van der Waals surface area contributed by atoms with Crippen LogP contribution in [0.25, 0.3) is 0 Å². The van der Waals surface area contributed by atoms with Gasteiger partial charge in [0.25, 0.3) is 0 Å². The van der Waals surface area contributed by atoms with Crippen molar-refractivity contribution in [3.05, 3.63) is 47.5 Å². The Morgan fingerprint density at radius 2 is 2.04 bits per heavy atom. The van der Waals surface area contributed by atoms with Crippen molar-refractivity contribution in [3.8, 4) is 0 Å². The average Bonchev–Trinajstić information content (AvgIpc) is 2.95. The lowest BCUT2D eigenvalue weighted by Gasteiger charge is -2.33. The smallest absolute Gasteiger partial charge is 0.147 e. The Morgan fingerprint density at radius 3 is 2.79 bits per heavy atom. The summed E-state index contributed by atoms with van der Waals surface area (Å²) in [6.45, 7) is 5.64. The number of rotatable bonds is 6. The maximum absolute atomic E-state index is 6.26. The molecular weight excluding hydrogens is 300 g/mol. The molecule has 3 rings (SSSR count). The Balaban J connectivity index is 1.76. The molecule has 0 unspecified atom stereocenters. The van der Waals surface area contributed by atoms with E-state index in [1.807, 2.05) is 13.0 Å². The number of aryl methyl sites for hydroxylation is 1. The van der Waals surface area contributed by atoms with Crippen molar-refractivity contribution in [2.24, 2.45) is 5.73 Å². The van der Waals surface area contributed by atoms with Gasteiger partial charge < -0.3 is 10.5 Å². The first-order valence-corrected chi connectivity index (χ1v) is 8.99. The molecule has 0 bridgehead atoms. The van der Waals surface area contributed by atoms with Gasteiger partial charge in [-0.05, 0) is 38.2 Å². The molecule has 1 aliphatic rings. The number of aromatic nitrogens is 3. The number of nitrogens with two attached hydrogens (primary N) is 1. The van der Waals surface area contributed by atoms with Crippen molar-refractivity contribution in [1.82, 2.24) is 14.8 Å². The Hall–Kier alpha value is -1.72. The van der Waals surface area contributed by atoms with Crippen LogP contribution in [0.3, 0.4) is 0 Å². The van der Waals surface area contributed by atoms with E-state index in [4.69, 9.17) is 15.5 Å². The fourth-order valence-electron chi connectivity index (χ4n) is 3.49. The Morgan fingerprint density at radius 1 is 1.25 bits per heavy atom. The summed E-state index contributed by atoms with van der Waals surface area (Å²) >= 11 is 0. The minimum absolute atomic E-state index is 0.130. The molecule has 0 saturated heterocycles. The maximum atomic E-state index is 6.26. The highest BCUT2D eigenvalue weighted by atomic mass is 16.5. The van der Waals surface area contributed by atoms with Gasteiger partial charge in [0.1, 0.15) is 11.6 Å². The van der Waals surface area contributed by atoms with E-state index >= 15 is 0 Å². The molecule has 130 valence electrons. The lowest BCUT2D eigenvalue weighted by molar-refractivity contribution is 0.00865. The first-order valence-electron chi connectivity index (χ1n) is 8.99. The first kappa shape index (κ1) is 17.1. The van der Waals surface area contributed by atoms with Crippen LogP contribution in [0, 0.1) is 6.92 Å². The highest BCUT2D eigenvalue weighted by molar-refractivity contribution is 5.16. The lowest BCUT2D eigenvalue weighted by Crippen LogP contribution is -2.42. The average molecular weight is 328 g/mol. The first-order chi connectivity index (χ1) is 11.7. The van der Waals surface area contributed by atoms with E-state index in [1.165, 1.54) is 5.56 Å². The van der Waals surface area contributed by atoms with Crippen LogP contribution in [0.5, 0.6) is 0 Å². The molecule has 0 amide bonds. The Kier molecular flexibility index (Phi) is 5.63. The summed E-state index contributed by atoms with van der Waals surface area (Å²) in [5.74, 6) is 2.28. The third kappa shape index (κ3) is 4.02. The predicted octanol–water partition coefficient (Wildman–Crippen LogP) is 3.02. The molecule has 24 heavy (non-hydrogen) atoms. The highest BCUT2D eigenvalue weighted by Crippen LogP contribution is 2.33. The molecule has 2 aromatic rings. The van der Waals surface area contributed by atoms with Crippen molar-refractivity contribution in [2.45, 2.75) is 64.1 Å². The SMILES string of the molecule is CCCO[C@H]1C[C@@H](c2nc(C)nn2Cc2ccccc2)CC[C@@H]1N. The van der Waals surface area contributed by atoms with E-state index in [-0.39, 0.29) is 12.1 Å². The molecule has 1 aromatic heterocycles. The fourth-order valence-corrected chi connectivity index (χ4v) is 3.49. The molecule has 2 N–H and O–H groups in total. The topological polar surface area (TPSA) is 66.0 Å². The summed E-state index contributed by atoms with van der Waals surface area (Å²) in [5, 5.41) is 4.62. The maximum Gasteiger partial charge on any atom is 0.147 e. The second kappa shape index (κ2) is 7.90. The normalized spacial score (nSPS) is 24.2. The second-order valence-corrected chi connectivity index (χ2v) is 6.74. The molecule has 3 atom stereocenters. The van der Waals surface area contributed by atoms with Gasteiger partial charge in [0.05, 0.1) is 12.6 Å². The van der Waals surface area contributed by atoms with E-state index in [9.17, 15) is 0 Å². The van der Waals surface area contributed by atoms with Crippen molar-refractivity contribution in [2.75, 3.05) is 6.61 Å². The van der Waals surface area contributed by atoms with E-state index in [0.717, 1.165) is 50.5 Å². The predicted molar refractivity (Wildman–Crippen MR) is 94.9 cm³/mol. The van der Waals surface area contributed by atoms with Gasteiger partial charge in [-0.3, -0.25) is 0 Å². The van der Waals surface area contributed by atoms with Gasteiger partial charge in [-0.1, -0.05) is 37.3 Å². The van der Waals surface area contributed by atoms with Crippen LogP contribution in [-0.4, -0.2) is 33.5 Å². The summed E-state index contributed by atoms with van der Waals surface area (Å²) in [6, 6.07) is 10.6. The second-order valence-electron chi connectivity index (χ2n) is 6.74. The molecule has 5 nitrogen and oxygen atoms in total. The molecule has 5 heteroatoms. The van der Waals surface area contributed by atoms with Crippen molar-refractivity contribution >= 4 is 0 Å². The number of ether oxygens (including phenoxy) is 1. The van der Waals surface area contributed by atoms with E-state index in [1.54, 1.807) is 0 Å². The Bertz CT molecular complexity index is 640. The number of benzene rings is 1. The highest BCUT2D eigenvalue weighted by Gasteiger charge is 2.32. The zero-order valence-electron chi connectivity index (χ0n) is 14.7. The summed E-state index contributed by atoms with van der Waals surface area (Å²) in [4.78, 5) is 4.73. The molecular formula is C19H28N4O. The monoisotopic (exact) mass is 328 g/mol. The molecule has 1 saturated carbocycles. The van der Waals surface area contributed by atoms with Gasteiger partial charge in [-0.2, -0.15) is 5.10 Å².